The lowest BCUT2D eigenvalue weighted by Crippen LogP contribution is -2.24. The molecule has 0 fully saturated rings. The first kappa shape index (κ1) is 15.8. The molecule has 0 aliphatic rings. The van der Waals surface area contributed by atoms with Gasteiger partial charge in [-0.1, -0.05) is 15.9 Å². The van der Waals surface area contributed by atoms with Crippen molar-refractivity contribution in [3.63, 3.8) is 0 Å². The molecule has 1 rings (SSSR count). The smallest absolute Gasteiger partial charge is 0.338 e. The van der Waals surface area contributed by atoms with E-state index in [1.54, 1.807) is 18.2 Å². The summed E-state index contributed by atoms with van der Waals surface area (Å²) in [7, 11) is 0. The van der Waals surface area contributed by atoms with Crippen molar-refractivity contribution in [2.45, 2.75) is 32.8 Å². The minimum absolute atomic E-state index is 0.398. The zero-order chi connectivity index (χ0) is 14.5. The Morgan fingerprint density at radius 1 is 1.32 bits per heavy atom. The van der Waals surface area contributed by atoms with E-state index in [-0.39, 0.29) is 0 Å². The predicted octanol–water partition coefficient (Wildman–Crippen LogP) is 3.39. The average molecular weight is 330 g/mol. The minimum atomic E-state index is -0.529. The fourth-order valence-corrected chi connectivity index (χ4v) is 1.63. The second-order valence-corrected chi connectivity index (χ2v) is 5.98. The zero-order valence-corrected chi connectivity index (χ0v) is 13.1. The van der Waals surface area contributed by atoms with Gasteiger partial charge >= 0.3 is 5.97 Å². The van der Waals surface area contributed by atoms with Crippen molar-refractivity contribution in [3.05, 3.63) is 23.8 Å². The van der Waals surface area contributed by atoms with Crippen LogP contribution in [0.1, 0.15) is 37.6 Å². The molecule has 0 aliphatic carbocycles. The van der Waals surface area contributed by atoms with E-state index in [4.69, 9.17) is 15.2 Å². The van der Waals surface area contributed by atoms with Gasteiger partial charge in [0.25, 0.3) is 0 Å². The number of benzene rings is 1. The summed E-state index contributed by atoms with van der Waals surface area (Å²) in [5.74, 6) is 0.187. The highest BCUT2D eigenvalue weighted by Crippen LogP contribution is 2.21. The number of alkyl halides is 1. The summed E-state index contributed by atoms with van der Waals surface area (Å²) < 4.78 is 10.8. The van der Waals surface area contributed by atoms with Gasteiger partial charge in [-0.3, -0.25) is 0 Å². The minimum Gasteiger partial charge on any atom is -0.493 e. The standard InChI is InChI=1S/C14H20BrNO3/c1-14(2,3)19-13(17)10-7-11(16)9-12(8-10)18-6-4-5-15/h7-9H,4-6,16H2,1-3H3. The number of halogens is 1. The van der Waals surface area contributed by atoms with E-state index in [1.165, 1.54) is 0 Å². The van der Waals surface area contributed by atoms with Crippen LogP contribution in [0.3, 0.4) is 0 Å². The molecule has 0 bridgehead atoms. The molecule has 0 heterocycles. The molecule has 2 N–H and O–H groups in total. The normalized spacial score (nSPS) is 11.2. The SMILES string of the molecule is CC(C)(C)OC(=O)c1cc(N)cc(OCCCBr)c1. The van der Waals surface area contributed by atoms with Crippen molar-refractivity contribution < 1.29 is 14.3 Å². The summed E-state index contributed by atoms with van der Waals surface area (Å²) in [5, 5.41) is 0.869. The van der Waals surface area contributed by atoms with Crippen molar-refractivity contribution in [1.82, 2.24) is 0 Å². The Labute approximate surface area is 122 Å². The molecular weight excluding hydrogens is 310 g/mol. The average Bonchev–Trinajstić information content (AvgIpc) is 2.26. The van der Waals surface area contributed by atoms with Crippen LogP contribution in [-0.2, 0) is 4.74 Å². The molecule has 19 heavy (non-hydrogen) atoms. The molecule has 0 aromatic heterocycles. The van der Waals surface area contributed by atoms with Crippen LogP contribution in [0.2, 0.25) is 0 Å². The number of carbonyl (C=O) groups excluding carboxylic acids is 1. The third-order valence-electron chi connectivity index (χ3n) is 2.11. The highest BCUT2D eigenvalue weighted by molar-refractivity contribution is 9.09. The number of anilines is 1. The van der Waals surface area contributed by atoms with Crippen LogP contribution < -0.4 is 10.5 Å². The Morgan fingerprint density at radius 2 is 2.00 bits per heavy atom. The van der Waals surface area contributed by atoms with Crippen LogP contribution in [0, 0.1) is 0 Å². The lowest BCUT2D eigenvalue weighted by Gasteiger charge is -2.19. The molecule has 106 valence electrons. The number of hydrogen-bond acceptors (Lipinski definition) is 4. The van der Waals surface area contributed by atoms with Crippen molar-refractivity contribution in [1.29, 1.82) is 0 Å². The second-order valence-electron chi connectivity index (χ2n) is 5.18. The Balaban J connectivity index is 2.81. The van der Waals surface area contributed by atoms with Crippen molar-refractivity contribution in [3.8, 4) is 5.75 Å². The van der Waals surface area contributed by atoms with E-state index in [9.17, 15) is 4.79 Å². The summed E-state index contributed by atoms with van der Waals surface area (Å²) in [6.45, 7) is 6.04. The Bertz CT molecular complexity index is 441. The maximum Gasteiger partial charge on any atom is 0.338 e. The highest BCUT2D eigenvalue weighted by Gasteiger charge is 2.18. The first-order valence-corrected chi connectivity index (χ1v) is 7.26. The number of nitrogen functional groups attached to an aromatic ring is 1. The van der Waals surface area contributed by atoms with E-state index in [2.05, 4.69) is 15.9 Å². The van der Waals surface area contributed by atoms with Gasteiger partial charge in [-0.2, -0.15) is 0 Å². The summed E-state index contributed by atoms with van der Waals surface area (Å²) in [6.07, 6.45) is 0.885. The first-order valence-electron chi connectivity index (χ1n) is 6.14. The van der Waals surface area contributed by atoms with Gasteiger partial charge in [-0.15, -0.1) is 0 Å². The number of ether oxygens (including phenoxy) is 2. The van der Waals surface area contributed by atoms with Gasteiger partial charge in [0.2, 0.25) is 0 Å². The fraction of sp³-hybridized carbons (Fsp3) is 0.500. The van der Waals surface area contributed by atoms with Gasteiger partial charge in [-0.05, 0) is 39.3 Å². The first-order chi connectivity index (χ1) is 8.81. The van der Waals surface area contributed by atoms with Crippen LogP contribution in [0.25, 0.3) is 0 Å². The van der Waals surface area contributed by atoms with Gasteiger partial charge in [0, 0.05) is 17.1 Å². The maximum atomic E-state index is 12.0. The fourth-order valence-electron chi connectivity index (χ4n) is 1.40. The molecule has 0 aliphatic heterocycles. The molecule has 5 heteroatoms. The molecule has 0 unspecified atom stereocenters. The van der Waals surface area contributed by atoms with E-state index >= 15 is 0 Å². The largest absolute Gasteiger partial charge is 0.493 e. The molecule has 1 aromatic rings. The molecule has 0 saturated carbocycles. The molecule has 0 spiro atoms. The lowest BCUT2D eigenvalue weighted by atomic mass is 10.1. The third-order valence-corrected chi connectivity index (χ3v) is 2.67. The number of esters is 1. The van der Waals surface area contributed by atoms with Crippen LogP contribution in [0.5, 0.6) is 5.75 Å². The van der Waals surface area contributed by atoms with Gasteiger partial charge in [-0.25, -0.2) is 4.79 Å². The maximum absolute atomic E-state index is 12.0. The van der Waals surface area contributed by atoms with Gasteiger partial charge in [0.1, 0.15) is 11.4 Å². The summed E-state index contributed by atoms with van der Waals surface area (Å²) in [5.41, 5.74) is 6.13. The lowest BCUT2D eigenvalue weighted by molar-refractivity contribution is 0.00691. The van der Waals surface area contributed by atoms with E-state index in [1.807, 2.05) is 20.8 Å². The number of nitrogens with two attached hydrogens (primary N) is 1. The Morgan fingerprint density at radius 3 is 2.58 bits per heavy atom. The van der Waals surface area contributed by atoms with Crippen LogP contribution >= 0.6 is 15.9 Å². The number of carbonyl (C=O) groups is 1. The molecular formula is C14H20BrNO3. The molecule has 1 aromatic carbocycles. The van der Waals surface area contributed by atoms with Gasteiger partial charge in [0.15, 0.2) is 0 Å². The van der Waals surface area contributed by atoms with Crippen LogP contribution in [-0.4, -0.2) is 23.5 Å². The molecule has 0 radical (unpaired) electrons. The number of hydrogen-bond donors (Lipinski definition) is 1. The summed E-state index contributed by atoms with van der Waals surface area (Å²) >= 11 is 3.33. The van der Waals surface area contributed by atoms with Crippen molar-refractivity contribution in [2.24, 2.45) is 0 Å². The molecule has 0 amide bonds. The van der Waals surface area contributed by atoms with E-state index < -0.39 is 11.6 Å². The Kier molecular flexibility index (Phi) is 5.66. The molecule has 0 saturated heterocycles. The highest BCUT2D eigenvalue weighted by atomic mass is 79.9. The monoisotopic (exact) mass is 329 g/mol. The van der Waals surface area contributed by atoms with Crippen LogP contribution in [0.15, 0.2) is 18.2 Å². The molecule has 0 atom stereocenters. The summed E-state index contributed by atoms with van der Waals surface area (Å²) in [4.78, 5) is 12.0. The second kappa shape index (κ2) is 6.80. The Hall–Kier alpha value is -1.23. The van der Waals surface area contributed by atoms with Gasteiger partial charge in [0.05, 0.1) is 12.2 Å². The predicted molar refractivity (Wildman–Crippen MR) is 79.9 cm³/mol. The van der Waals surface area contributed by atoms with Gasteiger partial charge < -0.3 is 15.2 Å². The number of rotatable bonds is 5. The van der Waals surface area contributed by atoms with Crippen molar-refractivity contribution >= 4 is 27.6 Å². The molecule has 4 nitrogen and oxygen atoms in total. The van der Waals surface area contributed by atoms with E-state index in [0.717, 1.165) is 11.8 Å². The topological polar surface area (TPSA) is 61.5 Å². The zero-order valence-electron chi connectivity index (χ0n) is 11.5. The van der Waals surface area contributed by atoms with Crippen LogP contribution in [0.4, 0.5) is 5.69 Å². The van der Waals surface area contributed by atoms with Crippen molar-refractivity contribution in [2.75, 3.05) is 17.7 Å². The quantitative estimate of drug-likeness (QED) is 0.389. The third kappa shape index (κ3) is 5.96. The van der Waals surface area contributed by atoms with E-state index in [0.29, 0.717) is 23.6 Å². The summed E-state index contributed by atoms with van der Waals surface area (Å²) in [6, 6.07) is 4.94.